The molecule has 1 aromatic carbocycles. The number of aliphatic hydroxyl groups excluding tert-OH is 1. The second-order valence-electron chi connectivity index (χ2n) is 4.26. The molecule has 0 spiro atoms. The molecule has 4 heteroatoms. The lowest BCUT2D eigenvalue weighted by molar-refractivity contribution is 0.0913. The molecule has 3 nitrogen and oxygen atoms in total. The number of aliphatic hydroxyl groups is 1. The summed E-state index contributed by atoms with van der Waals surface area (Å²) >= 11 is 0. The number of halogens is 1. The lowest BCUT2D eigenvalue weighted by Crippen LogP contribution is -2.39. The van der Waals surface area contributed by atoms with Gasteiger partial charge in [-0.3, -0.25) is 4.79 Å². The van der Waals surface area contributed by atoms with Crippen molar-refractivity contribution in [3.63, 3.8) is 0 Å². The van der Waals surface area contributed by atoms with Gasteiger partial charge in [0, 0.05) is 11.6 Å². The fourth-order valence-corrected chi connectivity index (χ4v) is 1.73. The molecule has 2 rings (SSSR count). The third-order valence-corrected chi connectivity index (χ3v) is 2.97. The van der Waals surface area contributed by atoms with E-state index in [1.54, 1.807) is 6.07 Å². The van der Waals surface area contributed by atoms with Crippen molar-refractivity contribution < 1.29 is 14.3 Å². The average molecular weight is 247 g/mol. The maximum atomic E-state index is 13.7. The van der Waals surface area contributed by atoms with E-state index < -0.39 is 5.82 Å². The lowest BCUT2D eigenvalue weighted by Gasteiger charge is -2.26. The van der Waals surface area contributed by atoms with Crippen molar-refractivity contribution in [3.05, 3.63) is 35.1 Å². The maximum absolute atomic E-state index is 13.7. The minimum absolute atomic E-state index is 0.0384. The van der Waals surface area contributed by atoms with E-state index in [1.807, 2.05) is 0 Å². The molecule has 0 unspecified atom stereocenters. The van der Waals surface area contributed by atoms with Crippen molar-refractivity contribution in [2.75, 3.05) is 6.61 Å². The molecule has 0 radical (unpaired) electrons. The molecule has 18 heavy (non-hydrogen) atoms. The van der Waals surface area contributed by atoms with Crippen LogP contribution in [-0.2, 0) is 0 Å². The van der Waals surface area contributed by atoms with Gasteiger partial charge in [0.2, 0.25) is 0 Å². The number of carbonyl (C=O) groups excluding carboxylic acids is 1. The van der Waals surface area contributed by atoms with Crippen molar-refractivity contribution in [3.8, 4) is 11.8 Å². The van der Waals surface area contributed by atoms with Crippen LogP contribution in [0.5, 0.6) is 0 Å². The predicted octanol–water partition coefficient (Wildman–Crippen LogP) is 1.45. The number of hydrogen-bond donors (Lipinski definition) is 2. The first-order valence-electron chi connectivity index (χ1n) is 5.91. The van der Waals surface area contributed by atoms with Gasteiger partial charge in [0.1, 0.15) is 12.4 Å². The quantitative estimate of drug-likeness (QED) is 0.777. The van der Waals surface area contributed by atoms with Crippen LogP contribution < -0.4 is 5.32 Å². The second kappa shape index (κ2) is 5.65. The number of hydrogen-bond acceptors (Lipinski definition) is 2. The van der Waals surface area contributed by atoms with E-state index in [-0.39, 0.29) is 24.1 Å². The van der Waals surface area contributed by atoms with Crippen LogP contribution in [0.3, 0.4) is 0 Å². The molecule has 1 fully saturated rings. The fourth-order valence-electron chi connectivity index (χ4n) is 1.73. The first kappa shape index (κ1) is 12.6. The third-order valence-electron chi connectivity index (χ3n) is 2.97. The molecule has 1 aliphatic carbocycles. The number of carbonyl (C=O) groups is 1. The summed E-state index contributed by atoms with van der Waals surface area (Å²) in [5, 5.41) is 11.3. The summed E-state index contributed by atoms with van der Waals surface area (Å²) in [7, 11) is 0. The van der Waals surface area contributed by atoms with Crippen molar-refractivity contribution in [1.29, 1.82) is 0 Å². The van der Waals surface area contributed by atoms with Crippen LogP contribution in [0.4, 0.5) is 4.39 Å². The molecule has 94 valence electrons. The minimum atomic E-state index is -0.587. The van der Waals surface area contributed by atoms with E-state index in [0.717, 1.165) is 19.3 Å². The second-order valence-corrected chi connectivity index (χ2v) is 4.26. The number of rotatable bonds is 2. The van der Waals surface area contributed by atoms with Crippen LogP contribution in [0.2, 0.25) is 0 Å². The molecule has 0 heterocycles. The van der Waals surface area contributed by atoms with Crippen LogP contribution in [-0.4, -0.2) is 23.7 Å². The van der Waals surface area contributed by atoms with Gasteiger partial charge in [0.15, 0.2) is 0 Å². The van der Waals surface area contributed by atoms with E-state index in [9.17, 15) is 9.18 Å². The summed E-state index contributed by atoms with van der Waals surface area (Å²) in [6.45, 7) is -0.272. The van der Waals surface area contributed by atoms with Gasteiger partial charge in [-0.05, 0) is 37.5 Å². The van der Waals surface area contributed by atoms with E-state index in [4.69, 9.17) is 5.11 Å². The summed E-state index contributed by atoms with van der Waals surface area (Å²) in [5.74, 6) is 4.06. The lowest BCUT2D eigenvalue weighted by atomic mass is 9.93. The summed E-state index contributed by atoms with van der Waals surface area (Å²) in [4.78, 5) is 11.8. The molecule has 0 bridgehead atoms. The van der Waals surface area contributed by atoms with Crippen LogP contribution in [0.15, 0.2) is 18.2 Å². The Bertz CT molecular complexity index is 512. The molecule has 0 aromatic heterocycles. The molecule has 1 aromatic rings. The van der Waals surface area contributed by atoms with E-state index in [1.165, 1.54) is 12.1 Å². The number of benzene rings is 1. The molecular weight excluding hydrogens is 233 g/mol. The molecule has 1 aliphatic rings. The molecule has 0 atom stereocenters. The smallest absolute Gasteiger partial charge is 0.254 e. The minimum Gasteiger partial charge on any atom is -0.384 e. The highest BCUT2D eigenvalue weighted by Crippen LogP contribution is 2.19. The Hall–Kier alpha value is -1.86. The van der Waals surface area contributed by atoms with E-state index in [2.05, 4.69) is 17.2 Å². The highest BCUT2D eigenvalue weighted by atomic mass is 19.1. The van der Waals surface area contributed by atoms with Crippen molar-refractivity contribution in [2.24, 2.45) is 0 Å². The van der Waals surface area contributed by atoms with Crippen LogP contribution in [0, 0.1) is 17.7 Å². The summed E-state index contributed by atoms with van der Waals surface area (Å²) in [6, 6.07) is 4.38. The Kier molecular flexibility index (Phi) is 3.96. The zero-order valence-electron chi connectivity index (χ0n) is 9.87. The Morgan fingerprint density at radius 1 is 1.50 bits per heavy atom. The summed E-state index contributed by atoms with van der Waals surface area (Å²) < 4.78 is 13.7. The van der Waals surface area contributed by atoms with Crippen LogP contribution >= 0.6 is 0 Å². The SMILES string of the molecule is O=C(NC1CCC1)c1ccc(C#CCO)cc1F. The number of amides is 1. The van der Waals surface area contributed by atoms with Crippen molar-refractivity contribution in [2.45, 2.75) is 25.3 Å². The van der Waals surface area contributed by atoms with Gasteiger partial charge in [0.25, 0.3) is 5.91 Å². The zero-order chi connectivity index (χ0) is 13.0. The molecule has 2 N–H and O–H groups in total. The van der Waals surface area contributed by atoms with Crippen LogP contribution in [0.25, 0.3) is 0 Å². The highest BCUT2D eigenvalue weighted by molar-refractivity contribution is 5.94. The van der Waals surface area contributed by atoms with E-state index in [0.29, 0.717) is 5.56 Å². The highest BCUT2D eigenvalue weighted by Gasteiger charge is 2.21. The van der Waals surface area contributed by atoms with E-state index >= 15 is 0 Å². The molecule has 1 amide bonds. The Morgan fingerprint density at radius 3 is 2.83 bits per heavy atom. The van der Waals surface area contributed by atoms with Gasteiger partial charge in [-0.15, -0.1) is 0 Å². The summed E-state index contributed by atoms with van der Waals surface area (Å²) in [5.41, 5.74) is 0.484. The molecule has 0 aliphatic heterocycles. The van der Waals surface area contributed by atoms with Gasteiger partial charge < -0.3 is 10.4 Å². The van der Waals surface area contributed by atoms with Gasteiger partial charge in [-0.2, -0.15) is 0 Å². The fraction of sp³-hybridized carbons (Fsp3) is 0.357. The first-order valence-corrected chi connectivity index (χ1v) is 5.91. The van der Waals surface area contributed by atoms with Gasteiger partial charge in [-0.25, -0.2) is 4.39 Å². The Morgan fingerprint density at radius 2 is 2.28 bits per heavy atom. The monoisotopic (exact) mass is 247 g/mol. The average Bonchev–Trinajstić information content (AvgIpc) is 2.31. The normalized spacial score (nSPS) is 14.3. The Balaban J connectivity index is 2.10. The van der Waals surface area contributed by atoms with Gasteiger partial charge >= 0.3 is 0 Å². The standard InChI is InChI=1S/C14H14FNO2/c15-13-9-10(3-2-8-17)6-7-12(13)14(18)16-11-4-1-5-11/h6-7,9,11,17H,1,4-5,8H2,(H,16,18). The molecular formula is C14H14FNO2. The zero-order valence-corrected chi connectivity index (χ0v) is 9.87. The summed E-state index contributed by atoms with van der Waals surface area (Å²) in [6.07, 6.45) is 3.05. The predicted molar refractivity (Wildman–Crippen MR) is 65.5 cm³/mol. The maximum Gasteiger partial charge on any atom is 0.254 e. The van der Waals surface area contributed by atoms with Crippen LogP contribution in [0.1, 0.15) is 35.2 Å². The first-order chi connectivity index (χ1) is 8.70. The van der Waals surface area contributed by atoms with Crippen molar-refractivity contribution in [1.82, 2.24) is 5.32 Å². The number of nitrogens with one attached hydrogen (secondary N) is 1. The Labute approximate surface area is 105 Å². The molecule has 1 saturated carbocycles. The van der Waals surface area contributed by atoms with Gasteiger partial charge in [-0.1, -0.05) is 11.8 Å². The topological polar surface area (TPSA) is 49.3 Å². The largest absolute Gasteiger partial charge is 0.384 e. The molecule has 0 saturated heterocycles. The van der Waals surface area contributed by atoms with Crippen molar-refractivity contribution >= 4 is 5.91 Å². The third kappa shape index (κ3) is 2.88. The van der Waals surface area contributed by atoms with Gasteiger partial charge in [0.05, 0.1) is 5.56 Å².